The zero-order valence-corrected chi connectivity index (χ0v) is 20.3. The van der Waals surface area contributed by atoms with E-state index < -0.39 is 0 Å². The summed E-state index contributed by atoms with van der Waals surface area (Å²) < 4.78 is 0. The average molecular weight is 456 g/mol. The van der Waals surface area contributed by atoms with Crippen molar-refractivity contribution in [2.45, 2.75) is 63.5 Å². The van der Waals surface area contributed by atoms with Crippen molar-refractivity contribution in [3.05, 3.63) is 41.2 Å². The molecule has 4 heterocycles. The molecule has 6 nitrogen and oxygen atoms in total. The van der Waals surface area contributed by atoms with E-state index >= 15 is 0 Å². The van der Waals surface area contributed by atoms with Crippen molar-refractivity contribution < 1.29 is 4.79 Å². The van der Waals surface area contributed by atoms with Crippen LogP contribution >= 0.6 is 11.8 Å². The lowest BCUT2D eigenvalue weighted by Crippen LogP contribution is -2.54. The van der Waals surface area contributed by atoms with Gasteiger partial charge in [0.1, 0.15) is 5.50 Å². The number of aromatic nitrogens is 1. The van der Waals surface area contributed by atoms with E-state index in [-0.39, 0.29) is 11.4 Å². The number of piperidine rings is 2. The molecule has 0 bridgehead atoms. The molecule has 5 rings (SSSR count). The van der Waals surface area contributed by atoms with Crippen LogP contribution in [0.3, 0.4) is 0 Å². The van der Waals surface area contributed by atoms with Crippen molar-refractivity contribution in [2.24, 2.45) is 11.3 Å². The van der Waals surface area contributed by atoms with E-state index in [4.69, 9.17) is 0 Å². The summed E-state index contributed by atoms with van der Waals surface area (Å²) in [5.74, 6) is 0.787. The molecule has 3 atom stereocenters. The Hall–Kier alpha value is -1.57. The first-order valence-corrected chi connectivity index (χ1v) is 13.2. The van der Waals surface area contributed by atoms with Crippen molar-refractivity contribution in [2.75, 3.05) is 33.2 Å². The van der Waals surface area contributed by atoms with Crippen molar-refractivity contribution in [3.8, 4) is 0 Å². The Kier molecular flexibility index (Phi) is 6.50. The molecule has 1 spiro atoms. The van der Waals surface area contributed by atoms with Crippen LogP contribution in [0.25, 0.3) is 0 Å². The summed E-state index contributed by atoms with van der Waals surface area (Å²) in [6, 6.07) is 6.65. The fourth-order valence-corrected chi connectivity index (χ4v) is 6.85. The molecule has 3 fully saturated rings. The summed E-state index contributed by atoms with van der Waals surface area (Å²) in [5.41, 5.74) is 1.77. The number of nitrogens with one attached hydrogen (secondary N) is 1. The Morgan fingerprint density at radius 1 is 1.31 bits per heavy atom. The highest BCUT2D eigenvalue weighted by molar-refractivity contribution is 8.04. The van der Waals surface area contributed by atoms with Crippen LogP contribution in [0.15, 0.2) is 35.5 Å². The van der Waals surface area contributed by atoms with Crippen LogP contribution in [0, 0.1) is 11.3 Å². The summed E-state index contributed by atoms with van der Waals surface area (Å²) in [6.45, 7) is 7.40. The first-order valence-electron chi connectivity index (χ1n) is 12.3. The molecule has 32 heavy (non-hydrogen) atoms. The molecule has 1 N–H and O–H groups in total. The molecule has 7 heteroatoms. The molecule has 4 aliphatic rings. The van der Waals surface area contributed by atoms with Gasteiger partial charge in [0.05, 0.1) is 10.6 Å². The Morgan fingerprint density at radius 2 is 2.19 bits per heavy atom. The number of rotatable bonds is 6. The minimum absolute atomic E-state index is 0.0681. The van der Waals surface area contributed by atoms with Gasteiger partial charge in [-0.05, 0) is 69.2 Å². The molecule has 174 valence electrons. The predicted molar refractivity (Wildman–Crippen MR) is 130 cm³/mol. The van der Waals surface area contributed by atoms with Crippen molar-refractivity contribution in [1.29, 1.82) is 0 Å². The maximum Gasteiger partial charge on any atom is 0.261 e. The summed E-state index contributed by atoms with van der Waals surface area (Å²) >= 11 is 1.63. The third-order valence-corrected chi connectivity index (χ3v) is 9.23. The van der Waals surface area contributed by atoms with Gasteiger partial charge >= 0.3 is 0 Å². The minimum Gasteiger partial charge on any atom is -0.366 e. The quantitative estimate of drug-likeness (QED) is 0.709. The highest BCUT2D eigenvalue weighted by atomic mass is 32.2. The van der Waals surface area contributed by atoms with Crippen LogP contribution in [-0.4, -0.2) is 70.4 Å². The number of hydrogen-bond acceptors (Lipinski definition) is 6. The highest BCUT2D eigenvalue weighted by Gasteiger charge is 2.48. The van der Waals surface area contributed by atoms with Gasteiger partial charge in [-0.2, -0.15) is 0 Å². The SMILES string of the molecule is CCC1CN(C(=O)C2=CNC(N(C)Cc3ccccn3)S2)CCC1N1CCCC2(CC2)C1. The molecule has 1 aromatic rings. The number of carbonyl (C=O) groups is 1. The second-order valence-corrected chi connectivity index (χ2v) is 11.4. The zero-order valence-electron chi connectivity index (χ0n) is 19.5. The molecule has 1 amide bonds. The van der Waals surface area contributed by atoms with Crippen LogP contribution < -0.4 is 5.32 Å². The molecular weight excluding hydrogens is 418 g/mol. The van der Waals surface area contributed by atoms with E-state index in [1.54, 1.807) is 11.8 Å². The maximum atomic E-state index is 13.3. The van der Waals surface area contributed by atoms with Crippen molar-refractivity contribution >= 4 is 17.7 Å². The van der Waals surface area contributed by atoms with Gasteiger partial charge in [-0.3, -0.25) is 19.6 Å². The molecule has 1 saturated carbocycles. The monoisotopic (exact) mass is 455 g/mol. The number of likely N-dealkylation sites (tertiary alicyclic amines) is 2. The highest BCUT2D eigenvalue weighted by Crippen LogP contribution is 2.52. The Balaban J connectivity index is 1.15. The minimum atomic E-state index is 0.0681. The number of pyridine rings is 1. The number of hydrogen-bond donors (Lipinski definition) is 1. The first-order chi connectivity index (χ1) is 15.6. The van der Waals surface area contributed by atoms with Gasteiger partial charge in [0.2, 0.25) is 0 Å². The molecule has 2 saturated heterocycles. The number of thioether (sulfide) groups is 1. The van der Waals surface area contributed by atoms with Gasteiger partial charge in [-0.25, -0.2) is 0 Å². The maximum absolute atomic E-state index is 13.3. The predicted octanol–water partition coefficient (Wildman–Crippen LogP) is 3.48. The molecular formula is C25H37N5OS. The molecule has 0 aromatic carbocycles. The largest absolute Gasteiger partial charge is 0.366 e. The number of amides is 1. The molecule has 3 unspecified atom stereocenters. The molecule has 1 aliphatic carbocycles. The lowest BCUT2D eigenvalue weighted by Gasteiger charge is -2.46. The van der Waals surface area contributed by atoms with Gasteiger partial charge in [0.15, 0.2) is 0 Å². The van der Waals surface area contributed by atoms with Gasteiger partial charge in [-0.1, -0.05) is 31.2 Å². The third-order valence-electron chi connectivity index (χ3n) is 7.97. The summed E-state index contributed by atoms with van der Waals surface area (Å²) in [6.07, 6.45) is 11.7. The zero-order chi connectivity index (χ0) is 22.1. The van der Waals surface area contributed by atoms with E-state index in [1.807, 2.05) is 30.6 Å². The van der Waals surface area contributed by atoms with Crippen LogP contribution in [0.4, 0.5) is 0 Å². The lowest BCUT2D eigenvalue weighted by atomic mass is 9.85. The smallest absolute Gasteiger partial charge is 0.261 e. The summed E-state index contributed by atoms with van der Waals surface area (Å²) in [4.78, 5) is 25.7. The van der Waals surface area contributed by atoms with E-state index in [0.717, 1.165) is 43.1 Å². The van der Waals surface area contributed by atoms with Crippen molar-refractivity contribution in [1.82, 2.24) is 25.0 Å². The Morgan fingerprint density at radius 3 is 2.94 bits per heavy atom. The molecule has 0 radical (unpaired) electrons. The van der Waals surface area contributed by atoms with Gasteiger partial charge in [0.25, 0.3) is 5.91 Å². The van der Waals surface area contributed by atoms with Crippen LogP contribution in [0.5, 0.6) is 0 Å². The van der Waals surface area contributed by atoms with Crippen LogP contribution in [0.1, 0.15) is 51.1 Å². The van der Waals surface area contributed by atoms with Gasteiger partial charge in [0, 0.05) is 44.6 Å². The average Bonchev–Trinajstić information content (AvgIpc) is 3.37. The second-order valence-electron chi connectivity index (χ2n) is 10.2. The van der Waals surface area contributed by atoms with E-state index in [9.17, 15) is 4.79 Å². The molecule has 1 aromatic heterocycles. The summed E-state index contributed by atoms with van der Waals surface area (Å²) in [5, 5.41) is 3.39. The third kappa shape index (κ3) is 4.70. The van der Waals surface area contributed by atoms with Crippen LogP contribution in [-0.2, 0) is 11.3 Å². The Bertz CT molecular complexity index is 842. The first kappa shape index (κ1) is 22.2. The number of carbonyl (C=O) groups excluding carboxylic acids is 1. The fourth-order valence-electron chi connectivity index (χ4n) is 5.85. The normalized spacial score (nSPS) is 29.8. The fraction of sp³-hybridized carbons (Fsp3) is 0.680. The second kappa shape index (κ2) is 9.35. The van der Waals surface area contributed by atoms with Gasteiger partial charge < -0.3 is 10.2 Å². The van der Waals surface area contributed by atoms with Crippen LogP contribution in [0.2, 0.25) is 0 Å². The van der Waals surface area contributed by atoms with E-state index in [0.29, 0.717) is 17.4 Å². The standard InChI is InChI=1S/C25H37N5OS/c1-3-19-16-29(14-8-21(19)30-13-6-9-25(18-30)10-11-25)23(31)22-15-27-24(32-22)28(2)17-20-7-4-5-12-26-20/h4-5,7,12,15,19,21,24,27H,3,6,8-11,13-14,16-18H2,1-2H3. The van der Waals surface area contributed by atoms with E-state index in [1.165, 1.54) is 38.8 Å². The summed E-state index contributed by atoms with van der Waals surface area (Å²) in [7, 11) is 2.07. The molecule has 3 aliphatic heterocycles. The van der Waals surface area contributed by atoms with E-state index in [2.05, 4.69) is 39.0 Å². The topological polar surface area (TPSA) is 51.7 Å². The lowest BCUT2D eigenvalue weighted by molar-refractivity contribution is -0.129. The number of nitrogens with zero attached hydrogens (tertiary/aromatic N) is 4. The van der Waals surface area contributed by atoms with Crippen molar-refractivity contribution in [3.63, 3.8) is 0 Å². The van der Waals surface area contributed by atoms with Gasteiger partial charge in [-0.15, -0.1) is 0 Å². The Labute approximate surface area is 196 Å².